The van der Waals surface area contributed by atoms with Gasteiger partial charge in [0.15, 0.2) is 11.0 Å². The first-order valence-electron chi connectivity index (χ1n) is 10.8. The molecular weight excluding hydrogens is 454 g/mol. The summed E-state index contributed by atoms with van der Waals surface area (Å²) in [5.41, 5.74) is 3.68. The summed E-state index contributed by atoms with van der Waals surface area (Å²) in [4.78, 5) is 16.8. The monoisotopic (exact) mass is 477 g/mol. The number of pyridine rings is 1. The molecule has 0 atom stereocenters. The van der Waals surface area contributed by atoms with Gasteiger partial charge in [-0.3, -0.25) is 14.3 Å². The minimum atomic E-state index is -0.166. The van der Waals surface area contributed by atoms with Gasteiger partial charge in [0.05, 0.1) is 16.5 Å². The predicted octanol–water partition coefficient (Wildman–Crippen LogP) is 6.06. The molecule has 2 heterocycles. The lowest BCUT2D eigenvalue weighted by Crippen LogP contribution is -2.14. The van der Waals surface area contributed by atoms with E-state index in [4.69, 9.17) is 11.6 Å². The molecule has 168 valence electrons. The van der Waals surface area contributed by atoms with Crippen molar-refractivity contribution in [3.63, 3.8) is 0 Å². The van der Waals surface area contributed by atoms with Crippen molar-refractivity contribution >= 4 is 35.0 Å². The van der Waals surface area contributed by atoms with Gasteiger partial charge in [-0.25, -0.2) is 0 Å². The molecule has 0 aliphatic heterocycles. The molecule has 0 aliphatic carbocycles. The summed E-state index contributed by atoms with van der Waals surface area (Å²) in [5, 5.41) is 12.8. The number of benzene rings is 2. The number of nitrogens with one attached hydrogen (secondary N) is 1. The second-order valence-electron chi connectivity index (χ2n) is 7.47. The van der Waals surface area contributed by atoms with Crippen molar-refractivity contribution in [1.29, 1.82) is 0 Å². The van der Waals surface area contributed by atoms with Gasteiger partial charge in [-0.05, 0) is 54.8 Å². The van der Waals surface area contributed by atoms with Crippen LogP contribution in [0.5, 0.6) is 0 Å². The number of aryl methyl sites for hydroxylation is 1. The maximum atomic E-state index is 12.5. The SMILES string of the molecule is CCCCc1ccc(-n2c(SCC(=O)Nc3ccccc3Cl)nnc2-c2cccnc2)cc1. The molecule has 4 aromatic rings. The molecule has 0 saturated heterocycles. The van der Waals surface area contributed by atoms with E-state index < -0.39 is 0 Å². The summed E-state index contributed by atoms with van der Waals surface area (Å²) in [5.74, 6) is 0.684. The van der Waals surface area contributed by atoms with E-state index in [1.165, 1.54) is 17.3 Å². The minimum absolute atomic E-state index is 0.166. The lowest BCUT2D eigenvalue weighted by atomic mass is 10.1. The van der Waals surface area contributed by atoms with Crippen LogP contribution in [-0.2, 0) is 11.2 Å². The highest BCUT2D eigenvalue weighted by atomic mass is 35.5. The fourth-order valence-corrected chi connectivity index (χ4v) is 4.28. The standard InChI is InChI=1S/C25H24ClN5OS/c1-2-3-7-18-11-13-20(14-12-18)31-24(19-8-6-15-27-16-19)29-30-25(31)33-17-23(32)28-22-10-5-4-9-21(22)26/h4-6,8-16H,2-3,7,17H2,1H3,(H,28,32). The zero-order valence-electron chi connectivity index (χ0n) is 18.2. The number of rotatable bonds is 9. The number of unbranched alkanes of at least 4 members (excludes halogenated alkanes) is 1. The highest BCUT2D eigenvalue weighted by Crippen LogP contribution is 2.28. The van der Waals surface area contributed by atoms with Crippen LogP contribution in [0, 0.1) is 0 Å². The van der Waals surface area contributed by atoms with E-state index in [-0.39, 0.29) is 11.7 Å². The lowest BCUT2D eigenvalue weighted by Gasteiger charge is -2.11. The molecule has 4 rings (SSSR count). The van der Waals surface area contributed by atoms with Crippen LogP contribution in [0.4, 0.5) is 5.69 Å². The Labute approximate surface area is 202 Å². The van der Waals surface area contributed by atoms with Gasteiger partial charge in [-0.2, -0.15) is 0 Å². The van der Waals surface area contributed by atoms with Crippen LogP contribution in [-0.4, -0.2) is 31.4 Å². The third-order valence-corrected chi connectivity index (χ3v) is 6.31. The van der Waals surface area contributed by atoms with E-state index in [1.807, 2.05) is 28.8 Å². The third kappa shape index (κ3) is 5.80. The van der Waals surface area contributed by atoms with Gasteiger partial charge in [0.25, 0.3) is 0 Å². The molecule has 0 aliphatic rings. The molecule has 8 heteroatoms. The van der Waals surface area contributed by atoms with E-state index in [2.05, 4.69) is 51.7 Å². The number of amides is 1. The van der Waals surface area contributed by atoms with Gasteiger partial charge in [0.1, 0.15) is 0 Å². The third-order valence-electron chi connectivity index (χ3n) is 5.05. The summed E-state index contributed by atoms with van der Waals surface area (Å²) in [6.07, 6.45) is 6.86. The van der Waals surface area contributed by atoms with Crippen molar-refractivity contribution in [2.45, 2.75) is 31.3 Å². The number of hydrogen-bond donors (Lipinski definition) is 1. The van der Waals surface area contributed by atoms with Crippen molar-refractivity contribution in [1.82, 2.24) is 19.7 Å². The quantitative estimate of drug-likeness (QED) is 0.297. The maximum absolute atomic E-state index is 12.5. The fraction of sp³-hybridized carbons (Fsp3) is 0.200. The van der Waals surface area contributed by atoms with Gasteiger partial charge in [0, 0.05) is 23.6 Å². The smallest absolute Gasteiger partial charge is 0.234 e. The number of carbonyl (C=O) groups excluding carboxylic acids is 1. The van der Waals surface area contributed by atoms with Crippen molar-refractivity contribution < 1.29 is 4.79 Å². The molecule has 0 spiro atoms. The normalized spacial score (nSPS) is 10.8. The molecule has 6 nitrogen and oxygen atoms in total. The van der Waals surface area contributed by atoms with E-state index in [0.717, 1.165) is 30.5 Å². The average molecular weight is 478 g/mol. The lowest BCUT2D eigenvalue weighted by molar-refractivity contribution is -0.113. The number of halogens is 1. The zero-order valence-corrected chi connectivity index (χ0v) is 19.8. The van der Waals surface area contributed by atoms with Gasteiger partial charge in [-0.1, -0.05) is 61.0 Å². The Hall–Kier alpha value is -3.16. The first-order valence-corrected chi connectivity index (χ1v) is 12.1. The van der Waals surface area contributed by atoms with Crippen LogP contribution in [0.25, 0.3) is 17.1 Å². The molecule has 0 fully saturated rings. The second kappa shape index (κ2) is 11.1. The highest BCUT2D eigenvalue weighted by molar-refractivity contribution is 7.99. The Bertz CT molecular complexity index is 1210. The van der Waals surface area contributed by atoms with Crippen LogP contribution in [0.3, 0.4) is 0 Å². The number of carbonyl (C=O) groups is 1. The van der Waals surface area contributed by atoms with E-state index in [0.29, 0.717) is 21.7 Å². The van der Waals surface area contributed by atoms with Crippen molar-refractivity contribution in [2.24, 2.45) is 0 Å². The predicted molar refractivity (Wildman–Crippen MR) is 134 cm³/mol. The Balaban J connectivity index is 1.58. The molecule has 0 saturated carbocycles. The van der Waals surface area contributed by atoms with Crippen LogP contribution in [0.1, 0.15) is 25.3 Å². The Morgan fingerprint density at radius 3 is 2.61 bits per heavy atom. The number of hydrogen-bond acceptors (Lipinski definition) is 5. The van der Waals surface area contributed by atoms with E-state index in [9.17, 15) is 4.79 Å². The first kappa shape index (κ1) is 23.0. The number of aromatic nitrogens is 4. The molecule has 1 N–H and O–H groups in total. The molecule has 0 bridgehead atoms. The molecule has 2 aromatic heterocycles. The second-order valence-corrected chi connectivity index (χ2v) is 8.82. The van der Waals surface area contributed by atoms with Gasteiger partial charge in [0.2, 0.25) is 5.91 Å². The molecular formula is C25H24ClN5OS. The minimum Gasteiger partial charge on any atom is -0.324 e. The van der Waals surface area contributed by atoms with E-state index >= 15 is 0 Å². The van der Waals surface area contributed by atoms with Crippen molar-refractivity contribution in [2.75, 3.05) is 11.1 Å². The molecule has 2 aromatic carbocycles. The van der Waals surface area contributed by atoms with Gasteiger partial charge < -0.3 is 5.32 Å². The zero-order chi connectivity index (χ0) is 23.0. The molecule has 1 amide bonds. The van der Waals surface area contributed by atoms with E-state index in [1.54, 1.807) is 24.5 Å². The molecule has 0 unspecified atom stereocenters. The van der Waals surface area contributed by atoms with Crippen molar-refractivity contribution in [3.05, 3.63) is 83.6 Å². The van der Waals surface area contributed by atoms with Crippen LogP contribution in [0.2, 0.25) is 5.02 Å². The van der Waals surface area contributed by atoms with Crippen LogP contribution in [0.15, 0.2) is 78.2 Å². The first-order chi connectivity index (χ1) is 16.2. The Kier molecular flexibility index (Phi) is 7.75. The summed E-state index contributed by atoms with van der Waals surface area (Å²) in [6, 6.07) is 19.4. The summed E-state index contributed by atoms with van der Waals surface area (Å²) >= 11 is 7.47. The Morgan fingerprint density at radius 1 is 1.06 bits per heavy atom. The topological polar surface area (TPSA) is 72.7 Å². The molecule has 33 heavy (non-hydrogen) atoms. The van der Waals surface area contributed by atoms with Gasteiger partial charge in [-0.15, -0.1) is 10.2 Å². The summed E-state index contributed by atoms with van der Waals surface area (Å²) < 4.78 is 1.97. The summed E-state index contributed by atoms with van der Waals surface area (Å²) in [6.45, 7) is 2.19. The Morgan fingerprint density at radius 2 is 1.88 bits per heavy atom. The number of anilines is 1. The van der Waals surface area contributed by atoms with Crippen LogP contribution >= 0.6 is 23.4 Å². The fourth-order valence-electron chi connectivity index (χ4n) is 3.35. The average Bonchev–Trinajstić information content (AvgIpc) is 3.28. The van der Waals surface area contributed by atoms with Gasteiger partial charge >= 0.3 is 0 Å². The molecule has 0 radical (unpaired) electrons. The highest BCUT2D eigenvalue weighted by Gasteiger charge is 2.18. The number of thioether (sulfide) groups is 1. The largest absolute Gasteiger partial charge is 0.324 e. The number of nitrogens with zero attached hydrogens (tertiary/aromatic N) is 4. The number of para-hydroxylation sites is 1. The van der Waals surface area contributed by atoms with Crippen molar-refractivity contribution in [3.8, 4) is 17.1 Å². The summed E-state index contributed by atoms with van der Waals surface area (Å²) in [7, 11) is 0. The maximum Gasteiger partial charge on any atom is 0.234 e. The van der Waals surface area contributed by atoms with Crippen LogP contribution < -0.4 is 5.32 Å².